The second kappa shape index (κ2) is 13.5. The van der Waals surface area contributed by atoms with E-state index in [4.69, 9.17) is 16.3 Å². The predicted molar refractivity (Wildman–Crippen MR) is 158 cm³/mol. The van der Waals surface area contributed by atoms with E-state index in [9.17, 15) is 14.7 Å². The molecular weight excluding hydrogens is 542 g/mol. The van der Waals surface area contributed by atoms with Gasteiger partial charge in [0.25, 0.3) is 0 Å². The smallest absolute Gasteiger partial charge is 0.234 e. The summed E-state index contributed by atoms with van der Waals surface area (Å²) in [5.74, 6) is 0.929. The molecule has 3 aromatic rings. The van der Waals surface area contributed by atoms with Crippen LogP contribution in [0, 0.1) is 0 Å². The topological polar surface area (TPSA) is 117 Å². The number of aliphatic hydroxyl groups is 1. The Balaban J connectivity index is 1.21. The fourth-order valence-electron chi connectivity index (χ4n) is 5.14. The third-order valence-corrected chi connectivity index (χ3v) is 7.88. The number of carbonyl (C=O) groups excluding carboxylic acids is 2. The van der Waals surface area contributed by atoms with Crippen molar-refractivity contribution < 1.29 is 19.4 Å². The van der Waals surface area contributed by atoms with Gasteiger partial charge in [-0.3, -0.25) is 14.5 Å². The molecule has 0 radical (unpaired) electrons. The van der Waals surface area contributed by atoms with Crippen molar-refractivity contribution in [2.45, 2.75) is 50.2 Å². The van der Waals surface area contributed by atoms with Gasteiger partial charge in [-0.2, -0.15) is 0 Å². The Morgan fingerprint density at radius 2 is 1.93 bits per heavy atom. The molecule has 1 amide bonds. The highest BCUT2D eigenvalue weighted by molar-refractivity contribution is 6.32. The quantitative estimate of drug-likeness (QED) is 0.272. The van der Waals surface area contributed by atoms with Crippen LogP contribution in [0.5, 0.6) is 0 Å². The molecule has 1 aromatic heterocycles. The minimum atomic E-state index is -0.475. The van der Waals surface area contributed by atoms with Crippen molar-refractivity contribution >= 4 is 29.7 Å². The SMILES string of the molecule is CN(CC(=O)NC(CO)c1ccc(C2CC2)cc1)Cc1ccc(-c2nc(NC3CCOCC3)ncc2Cl)cc1C=O. The highest BCUT2D eigenvalue weighted by Crippen LogP contribution is 2.40. The largest absolute Gasteiger partial charge is 0.394 e. The molecule has 1 unspecified atom stereocenters. The molecule has 1 saturated carbocycles. The number of nitrogens with one attached hydrogen (secondary N) is 2. The first-order chi connectivity index (χ1) is 19.9. The Hall–Kier alpha value is -3.37. The molecule has 2 fully saturated rings. The van der Waals surface area contributed by atoms with E-state index in [0.717, 1.165) is 30.3 Å². The highest BCUT2D eigenvalue weighted by Gasteiger charge is 2.24. The Morgan fingerprint density at radius 1 is 1.17 bits per heavy atom. The molecular formula is C31H36ClN5O4. The van der Waals surface area contributed by atoms with Gasteiger partial charge in [0.15, 0.2) is 0 Å². The molecule has 10 heteroatoms. The molecule has 41 heavy (non-hydrogen) atoms. The number of aldehydes is 1. The van der Waals surface area contributed by atoms with Crippen LogP contribution < -0.4 is 10.6 Å². The Kier molecular flexibility index (Phi) is 9.61. The lowest BCUT2D eigenvalue weighted by Crippen LogP contribution is -2.38. The van der Waals surface area contributed by atoms with E-state index in [0.29, 0.717) is 53.5 Å². The van der Waals surface area contributed by atoms with E-state index >= 15 is 0 Å². The highest BCUT2D eigenvalue weighted by atomic mass is 35.5. The van der Waals surface area contributed by atoms with E-state index in [2.05, 4.69) is 32.7 Å². The van der Waals surface area contributed by atoms with Crippen LogP contribution in [0.15, 0.2) is 48.7 Å². The summed E-state index contributed by atoms with van der Waals surface area (Å²) in [6.45, 7) is 1.71. The van der Waals surface area contributed by atoms with Crippen LogP contribution in [-0.4, -0.2) is 71.6 Å². The van der Waals surface area contributed by atoms with Crippen molar-refractivity contribution in [1.82, 2.24) is 20.2 Å². The molecule has 1 atom stereocenters. The van der Waals surface area contributed by atoms with E-state index in [-0.39, 0.29) is 25.1 Å². The van der Waals surface area contributed by atoms with Crippen LogP contribution in [0.2, 0.25) is 5.02 Å². The minimum Gasteiger partial charge on any atom is -0.394 e. The molecule has 1 saturated heterocycles. The van der Waals surface area contributed by atoms with Gasteiger partial charge >= 0.3 is 0 Å². The molecule has 9 nitrogen and oxygen atoms in total. The second-order valence-electron chi connectivity index (χ2n) is 10.9. The number of halogens is 1. The Bertz CT molecular complexity index is 1360. The Morgan fingerprint density at radius 3 is 2.61 bits per heavy atom. The molecule has 0 spiro atoms. The van der Waals surface area contributed by atoms with E-state index in [1.54, 1.807) is 12.3 Å². The molecule has 1 aliphatic carbocycles. The van der Waals surface area contributed by atoms with E-state index < -0.39 is 6.04 Å². The fraction of sp³-hybridized carbons (Fsp3) is 0.419. The third-order valence-electron chi connectivity index (χ3n) is 7.60. The van der Waals surface area contributed by atoms with Crippen molar-refractivity contribution in [1.29, 1.82) is 0 Å². The number of benzene rings is 2. The van der Waals surface area contributed by atoms with Gasteiger partial charge < -0.3 is 20.5 Å². The molecule has 2 heterocycles. The first-order valence-electron chi connectivity index (χ1n) is 14.1. The normalized spacial score (nSPS) is 16.4. The Labute approximate surface area is 245 Å². The van der Waals surface area contributed by atoms with Gasteiger partial charge in [-0.25, -0.2) is 9.97 Å². The molecule has 5 rings (SSSR count). The van der Waals surface area contributed by atoms with Crippen LogP contribution in [-0.2, 0) is 16.1 Å². The minimum absolute atomic E-state index is 0.107. The summed E-state index contributed by atoms with van der Waals surface area (Å²) in [7, 11) is 1.82. The standard InChI is InChI=1S/C31H36ClN5O4/c1-37(17-29(40)35-28(19-39)22-6-4-21(5-7-22)20-2-3-20)16-24-9-8-23(14-25(24)18-38)30-27(32)15-33-31(36-30)34-26-10-12-41-13-11-26/h4-9,14-15,18,20,26,28,39H,2-3,10-13,16-17,19H2,1H3,(H,35,40)(H,33,34,36). The number of ether oxygens (including phenoxy) is 1. The average Bonchev–Trinajstić information content (AvgIpc) is 3.84. The summed E-state index contributed by atoms with van der Waals surface area (Å²) >= 11 is 6.44. The summed E-state index contributed by atoms with van der Waals surface area (Å²) in [4.78, 5) is 35.6. The molecule has 1 aliphatic heterocycles. The van der Waals surface area contributed by atoms with Gasteiger partial charge in [0, 0.05) is 36.9 Å². The maximum Gasteiger partial charge on any atom is 0.234 e. The number of aliphatic hydroxyl groups excluding tert-OH is 1. The first kappa shape index (κ1) is 29.1. The van der Waals surface area contributed by atoms with Crippen LogP contribution >= 0.6 is 11.6 Å². The number of nitrogens with zero attached hydrogens (tertiary/aromatic N) is 3. The number of likely N-dealkylation sites (N-methyl/N-ethyl adjacent to an activating group) is 1. The number of hydrogen-bond acceptors (Lipinski definition) is 8. The maximum atomic E-state index is 12.8. The predicted octanol–water partition coefficient (Wildman–Crippen LogP) is 4.36. The summed E-state index contributed by atoms with van der Waals surface area (Å²) in [5.41, 5.74) is 4.70. The van der Waals surface area contributed by atoms with Crippen molar-refractivity contribution in [2.75, 3.05) is 38.7 Å². The molecule has 2 aromatic carbocycles. The van der Waals surface area contributed by atoms with Crippen molar-refractivity contribution in [3.8, 4) is 11.3 Å². The van der Waals surface area contributed by atoms with Gasteiger partial charge in [0.05, 0.1) is 36.1 Å². The fourth-order valence-corrected chi connectivity index (χ4v) is 5.34. The lowest BCUT2D eigenvalue weighted by molar-refractivity contribution is -0.123. The van der Waals surface area contributed by atoms with E-state index in [1.165, 1.54) is 18.4 Å². The van der Waals surface area contributed by atoms with Crippen LogP contribution in [0.1, 0.15) is 64.7 Å². The number of carbonyl (C=O) groups is 2. The summed E-state index contributed by atoms with van der Waals surface area (Å²) < 4.78 is 5.42. The van der Waals surface area contributed by atoms with Gasteiger partial charge in [-0.05, 0) is 61.4 Å². The van der Waals surface area contributed by atoms with Gasteiger partial charge in [0.2, 0.25) is 11.9 Å². The van der Waals surface area contributed by atoms with Gasteiger partial charge in [-0.15, -0.1) is 0 Å². The molecule has 216 valence electrons. The number of amides is 1. The van der Waals surface area contributed by atoms with Crippen molar-refractivity contribution in [2.24, 2.45) is 0 Å². The number of hydrogen-bond donors (Lipinski definition) is 3. The second-order valence-corrected chi connectivity index (χ2v) is 11.3. The van der Waals surface area contributed by atoms with Crippen molar-refractivity contribution in [3.05, 3.63) is 75.9 Å². The molecule has 3 N–H and O–H groups in total. The van der Waals surface area contributed by atoms with Crippen LogP contribution in [0.4, 0.5) is 5.95 Å². The zero-order chi connectivity index (χ0) is 28.8. The first-order valence-corrected chi connectivity index (χ1v) is 14.4. The zero-order valence-corrected chi connectivity index (χ0v) is 23.9. The number of aromatic nitrogens is 2. The van der Waals surface area contributed by atoms with Gasteiger partial charge in [-0.1, -0.05) is 48.0 Å². The average molecular weight is 578 g/mol. The number of anilines is 1. The maximum absolute atomic E-state index is 12.8. The van der Waals surface area contributed by atoms with Gasteiger partial charge in [0.1, 0.15) is 6.29 Å². The zero-order valence-electron chi connectivity index (χ0n) is 23.2. The molecule has 2 aliphatic rings. The lowest BCUT2D eigenvalue weighted by atomic mass is 10.0. The van der Waals surface area contributed by atoms with Crippen molar-refractivity contribution in [3.63, 3.8) is 0 Å². The monoisotopic (exact) mass is 577 g/mol. The van der Waals surface area contributed by atoms with Crippen LogP contribution in [0.3, 0.4) is 0 Å². The molecule has 0 bridgehead atoms. The van der Waals surface area contributed by atoms with E-state index in [1.807, 2.05) is 36.2 Å². The summed E-state index contributed by atoms with van der Waals surface area (Å²) in [6.07, 6.45) is 6.58. The summed E-state index contributed by atoms with van der Waals surface area (Å²) in [5, 5.41) is 16.6. The lowest BCUT2D eigenvalue weighted by Gasteiger charge is -2.23. The number of rotatable bonds is 12. The third kappa shape index (κ3) is 7.68. The van der Waals surface area contributed by atoms with Crippen LogP contribution in [0.25, 0.3) is 11.3 Å². The summed E-state index contributed by atoms with van der Waals surface area (Å²) in [6, 6.07) is 13.4.